The predicted octanol–water partition coefficient (Wildman–Crippen LogP) is 2.56. The van der Waals surface area contributed by atoms with Crippen LogP contribution in [0.4, 0.5) is 0 Å². The molecule has 0 spiro atoms. The topological polar surface area (TPSA) is 65.1 Å². The van der Waals surface area contributed by atoms with Crippen molar-refractivity contribution in [3.8, 4) is 0 Å². The van der Waals surface area contributed by atoms with Crippen LogP contribution in [0.15, 0.2) is 11.6 Å². The van der Waals surface area contributed by atoms with E-state index in [9.17, 15) is 9.59 Å². The van der Waals surface area contributed by atoms with Crippen LogP contribution in [0.2, 0.25) is 0 Å². The second-order valence-electron chi connectivity index (χ2n) is 7.98. The van der Waals surface area contributed by atoms with E-state index in [0.717, 1.165) is 12.0 Å². The fraction of sp³-hybridized carbons (Fsp3) is 0.800. The molecule has 0 radical (unpaired) electrons. The highest BCUT2D eigenvalue weighted by molar-refractivity contribution is 6.06. The normalized spacial score (nSPS) is 28.6. The maximum absolute atomic E-state index is 12.8. The molecule has 6 nitrogen and oxygen atoms in total. The summed E-state index contributed by atoms with van der Waals surface area (Å²) in [5.41, 5.74) is 0.735. The van der Waals surface area contributed by atoms with E-state index < -0.39 is 5.92 Å². The fourth-order valence-corrected chi connectivity index (χ4v) is 3.67. The van der Waals surface area contributed by atoms with Crippen LogP contribution in [0.3, 0.4) is 0 Å². The number of carbonyl (C=O) groups excluding carboxylic acids is 2. The first-order valence-electron chi connectivity index (χ1n) is 9.55. The number of imide groups is 1. The van der Waals surface area contributed by atoms with Crippen molar-refractivity contribution < 1.29 is 23.8 Å². The van der Waals surface area contributed by atoms with Crippen molar-refractivity contribution in [3.63, 3.8) is 0 Å². The van der Waals surface area contributed by atoms with Crippen molar-refractivity contribution in [2.24, 2.45) is 11.8 Å². The Balaban J connectivity index is 1.94. The van der Waals surface area contributed by atoms with Gasteiger partial charge < -0.3 is 14.2 Å². The quantitative estimate of drug-likeness (QED) is 0.356. The van der Waals surface area contributed by atoms with Crippen molar-refractivity contribution in [3.05, 3.63) is 11.6 Å². The van der Waals surface area contributed by atoms with Crippen LogP contribution in [0.25, 0.3) is 0 Å². The molecular weight excluding hydrogens is 334 g/mol. The molecule has 2 heterocycles. The number of fused-ring (bicyclic) bond motifs is 1. The second-order valence-corrected chi connectivity index (χ2v) is 7.98. The molecule has 6 heteroatoms. The highest BCUT2D eigenvalue weighted by atomic mass is 16.5. The zero-order valence-electron chi connectivity index (χ0n) is 16.9. The van der Waals surface area contributed by atoms with E-state index in [0.29, 0.717) is 19.8 Å². The smallest absolute Gasteiger partial charge is 0.236 e. The summed E-state index contributed by atoms with van der Waals surface area (Å²) in [5.74, 6) is -1.05. The molecular formula is C20H33NO5. The van der Waals surface area contributed by atoms with Crippen LogP contribution in [0.5, 0.6) is 0 Å². The first kappa shape index (κ1) is 21.1. The van der Waals surface area contributed by atoms with Crippen LogP contribution < -0.4 is 0 Å². The summed E-state index contributed by atoms with van der Waals surface area (Å²) in [7, 11) is 0. The predicted molar refractivity (Wildman–Crippen MR) is 98.6 cm³/mol. The molecule has 0 bridgehead atoms. The lowest BCUT2D eigenvalue weighted by Gasteiger charge is -2.27. The Morgan fingerprint density at radius 2 is 1.85 bits per heavy atom. The lowest BCUT2D eigenvalue weighted by atomic mass is 9.89. The Bertz CT molecular complexity index is 552. The standard InChI is InChI=1S/C20H33NO5/c1-7-24-10-8-20(5,6)25-11-9-21-18(22)16-14(4)26-15(12-13(2)3)17(16)19(21)23/h12,14-17H,7-11H2,1-6H3. The summed E-state index contributed by atoms with van der Waals surface area (Å²) in [4.78, 5) is 26.9. The molecule has 2 aliphatic rings. The van der Waals surface area contributed by atoms with Gasteiger partial charge in [-0.05, 0) is 48.0 Å². The maximum Gasteiger partial charge on any atom is 0.236 e. The van der Waals surface area contributed by atoms with E-state index in [2.05, 4.69) is 0 Å². The highest BCUT2D eigenvalue weighted by Gasteiger charge is 2.57. The summed E-state index contributed by atoms with van der Waals surface area (Å²) < 4.78 is 17.1. The average Bonchev–Trinajstić information content (AvgIpc) is 2.97. The lowest BCUT2D eigenvalue weighted by molar-refractivity contribution is -0.145. The molecule has 0 N–H and O–H groups in total. The molecule has 0 aliphatic carbocycles. The van der Waals surface area contributed by atoms with E-state index in [4.69, 9.17) is 14.2 Å². The number of hydrogen-bond acceptors (Lipinski definition) is 5. The van der Waals surface area contributed by atoms with Crippen LogP contribution in [0.1, 0.15) is 48.0 Å². The van der Waals surface area contributed by atoms with Crippen molar-refractivity contribution >= 4 is 11.8 Å². The first-order chi connectivity index (χ1) is 12.2. The van der Waals surface area contributed by atoms with Crippen molar-refractivity contribution in [2.75, 3.05) is 26.4 Å². The molecule has 26 heavy (non-hydrogen) atoms. The third-order valence-electron chi connectivity index (χ3n) is 5.08. The van der Waals surface area contributed by atoms with Gasteiger partial charge in [-0.15, -0.1) is 0 Å². The van der Waals surface area contributed by atoms with E-state index in [-0.39, 0.29) is 42.1 Å². The zero-order chi connectivity index (χ0) is 19.5. The minimum Gasteiger partial charge on any atom is -0.382 e. The molecule has 0 saturated carbocycles. The molecule has 2 fully saturated rings. The summed E-state index contributed by atoms with van der Waals surface area (Å²) in [6, 6.07) is 0. The van der Waals surface area contributed by atoms with Crippen molar-refractivity contribution in [1.29, 1.82) is 0 Å². The van der Waals surface area contributed by atoms with Gasteiger partial charge >= 0.3 is 0 Å². The van der Waals surface area contributed by atoms with Gasteiger partial charge in [0.25, 0.3) is 0 Å². The van der Waals surface area contributed by atoms with E-state index in [1.807, 2.05) is 47.6 Å². The Morgan fingerprint density at radius 1 is 1.19 bits per heavy atom. The summed E-state index contributed by atoms with van der Waals surface area (Å²) in [6.45, 7) is 13.7. The molecule has 2 amide bonds. The molecule has 0 aromatic heterocycles. The number of rotatable bonds is 9. The third kappa shape index (κ3) is 4.72. The number of likely N-dealkylation sites (tertiary alicyclic amines) is 1. The Labute approximate surface area is 156 Å². The van der Waals surface area contributed by atoms with Gasteiger partial charge in [0.15, 0.2) is 0 Å². The molecule has 2 aliphatic heterocycles. The number of ether oxygens (including phenoxy) is 3. The van der Waals surface area contributed by atoms with E-state index in [1.54, 1.807) is 0 Å². The Kier molecular flexibility index (Phi) is 6.99. The van der Waals surface area contributed by atoms with Gasteiger partial charge in [0, 0.05) is 13.2 Å². The van der Waals surface area contributed by atoms with Crippen molar-refractivity contribution in [1.82, 2.24) is 4.90 Å². The Morgan fingerprint density at radius 3 is 2.46 bits per heavy atom. The SMILES string of the molecule is CCOCCC(C)(C)OCCN1C(=O)C2C(C)OC(C=C(C)C)C2C1=O. The van der Waals surface area contributed by atoms with Crippen LogP contribution >= 0.6 is 0 Å². The number of amides is 2. The second kappa shape index (κ2) is 8.63. The Hall–Kier alpha value is -1.24. The number of allylic oxidation sites excluding steroid dienone is 1. The molecule has 2 saturated heterocycles. The summed E-state index contributed by atoms with van der Waals surface area (Å²) >= 11 is 0. The number of hydrogen-bond donors (Lipinski definition) is 0. The maximum atomic E-state index is 12.8. The molecule has 4 atom stereocenters. The minimum absolute atomic E-state index is 0.132. The van der Waals surface area contributed by atoms with Gasteiger partial charge in [0.05, 0.1) is 42.8 Å². The van der Waals surface area contributed by atoms with Gasteiger partial charge in [0.2, 0.25) is 11.8 Å². The van der Waals surface area contributed by atoms with Gasteiger partial charge in [-0.25, -0.2) is 0 Å². The van der Waals surface area contributed by atoms with Crippen LogP contribution in [-0.2, 0) is 23.8 Å². The monoisotopic (exact) mass is 367 g/mol. The lowest BCUT2D eigenvalue weighted by Crippen LogP contribution is -2.39. The molecule has 0 aromatic carbocycles. The largest absolute Gasteiger partial charge is 0.382 e. The summed E-state index contributed by atoms with van der Waals surface area (Å²) in [6.07, 6.45) is 2.15. The van der Waals surface area contributed by atoms with Gasteiger partial charge in [-0.1, -0.05) is 11.6 Å². The van der Waals surface area contributed by atoms with Gasteiger partial charge in [0.1, 0.15) is 0 Å². The minimum atomic E-state index is -0.404. The molecule has 2 rings (SSSR count). The van der Waals surface area contributed by atoms with Gasteiger partial charge in [-0.3, -0.25) is 14.5 Å². The molecule has 4 unspecified atom stereocenters. The van der Waals surface area contributed by atoms with Crippen molar-refractivity contribution in [2.45, 2.75) is 65.8 Å². The fourth-order valence-electron chi connectivity index (χ4n) is 3.67. The molecule has 148 valence electrons. The average molecular weight is 367 g/mol. The number of nitrogens with zero attached hydrogens (tertiary/aromatic N) is 1. The highest BCUT2D eigenvalue weighted by Crippen LogP contribution is 2.41. The summed E-state index contributed by atoms with van der Waals surface area (Å²) in [5, 5.41) is 0. The van der Waals surface area contributed by atoms with E-state index >= 15 is 0 Å². The van der Waals surface area contributed by atoms with Crippen LogP contribution in [0, 0.1) is 11.8 Å². The van der Waals surface area contributed by atoms with E-state index in [1.165, 1.54) is 4.90 Å². The molecule has 0 aromatic rings. The van der Waals surface area contributed by atoms with Gasteiger partial charge in [-0.2, -0.15) is 0 Å². The zero-order valence-corrected chi connectivity index (χ0v) is 16.9. The number of carbonyl (C=O) groups is 2. The van der Waals surface area contributed by atoms with Crippen LogP contribution in [-0.4, -0.2) is 60.9 Å². The third-order valence-corrected chi connectivity index (χ3v) is 5.08. The first-order valence-corrected chi connectivity index (χ1v) is 9.55.